The van der Waals surface area contributed by atoms with Gasteiger partial charge in [0, 0.05) is 37.3 Å². The maximum Gasteiger partial charge on any atom is 0.303 e. The number of benzene rings is 1. The first kappa shape index (κ1) is 24.1. The van der Waals surface area contributed by atoms with E-state index in [1.165, 1.54) is 4.90 Å². The summed E-state index contributed by atoms with van der Waals surface area (Å²) in [5.41, 5.74) is 12.0. The van der Waals surface area contributed by atoms with Gasteiger partial charge in [0.05, 0.1) is 11.9 Å². The van der Waals surface area contributed by atoms with Crippen LogP contribution in [0, 0.1) is 0 Å². The molecular formula is C20H27N7O5. The van der Waals surface area contributed by atoms with Gasteiger partial charge in [-0.25, -0.2) is 0 Å². The third-order valence-corrected chi connectivity index (χ3v) is 4.58. The molecule has 0 bridgehead atoms. The number of primary amides is 1. The van der Waals surface area contributed by atoms with Crippen molar-refractivity contribution in [2.24, 2.45) is 11.5 Å². The van der Waals surface area contributed by atoms with Crippen LogP contribution in [0.5, 0.6) is 0 Å². The predicted octanol–water partition coefficient (Wildman–Crippen LogP) is -1.20. The van der Waals surface area contributed by atoms with Crippen molar-refractivity contribution in [3.05, 3.63) is 53.7 Å². The molecule has 9 N–H and O–H groups in total. The first-order chi connectivity index (χ1) is 15.2. The number of nitrogens with zero attached hydrogens (tertiary/aromatic N) is 1. The van der Waals surface area contributed by atoms with E-state index in [0.717, 1.165) is 0 Å². The fourth-order valence-electron chi connectivity index (χ4n) is 3.06. The molecule has 0 aliphatic carbocycles. The van der Waals surface area contributed by atoms with E-state index in [0.29, 0.717) is 37.2 Å². The van der Waals surface area contributed by atoms with Gasteiger partial charge in [-0.2, -0.15) is 0 Å². The number of aliphatic carboxylic acids is 1. The summed E-state index contributed by atoms with van der Waals surface area (Å²) in [6.45, 7) is 4.38. The van der Waals surface area contributed by atoms with Gasteiger partial charge in [-0.15, -0.1) is 0 Å². The quantitative estimate of drug-likeness (QED) is 0.153. The molecule has 1 aliphatic rings. The smallest absolute Gasteiger partial charge is 0.303 e. The van der Waals surface area contributed by atoms with Gasteiger partial charge in [0.25, 0.3) is 11.8 Å². The van der Waals surface area contributed by atoms with Gasteiger partial charge in [0.2, 0.25) is 6.41 Å². The molecule has 12 heteroatoms. The molecule has 1 unspecified atom stereocenters. The Morgan fingerprint density at radius 1 is 1.25 bits per heavy atom. The monoisotopic (exact) mass is 445 g/mol. The van der Waals surface area contributed by atoms with Crippen molar-refractivity contribution in [1.82, 2.24) is 20.9 Å². The third-order valence-electron chi connectivity index (χ3n) is 4.58. The second-order valence-electron chi connectivity index (χ2n) is 7.00. The third kappa shape index (κ3) is 6.65. The number of carbonyl (C=O) groups is 4. The lowest BCUT2D eigenvalue weighted by Gasteiger charge is -2.36. The molecule has 12 nitrogen and oxygen atoms in total. The molecule has 32 heavy (non-hydrogen) atoms. The minimum atomic E-state index is -0.910. The van der Waals surface area contributed by atoms with Gasteiger partial charge >= 0.3 is 5.97 Å². The minimum Gasteiger partial charge on any atom is -0.481 e. The Morgan fingerprint density at radius 2 is 1.94 bits per heavy atom. The Hall–Kier alpha value is -4.22. The van der Waals surface area contributed by atoms with Gasteiger partial charge in [-0.1, -0.05) is 6.58 Å². The first-order valence-corrected chi connectivity index (χ1v) is 9.79. The molecule has 2 rings (SSSR count). The highest BCUT2D eigenvalue weighted by atomic mass is 16.4. The van der Waals surface area contributed by atoms with Crippen molar-refractivity contribution in [3.8, 4) is 0 Å². The molecule has 1 atom stereocenters. The zero-order valence-corrected chi connectivity index (χ0v) is 17.4. The molecule has 0 fully saturated rings. The molecule has 1 aromatic carbocycles. The molecule has 0 radical (unpaired) electrons. The lowest BCUT2D eigenvalue weighted by molar-refractivity contribution is -0.137. The number of hydrogen-bond donors (Lipinski definition) is 7. The summed E-state index contributed by atoms with van der Waals surface area (Å²) in [5.74, 6) is -1.74. The maximum absolute atomic E-state index is 12.1. The highest BCUT2D eigenvalue weighted by molar-refractivity contribution is 5.95. The summed E-state index contributed by atoms with van der Waals surface area (Å²) < 4.78 is 0. The van der Waals surface area contributed by atoms with Crippen LogP contribution in [0.3, 0.4) is 0 Å². The van der Waals surface area contributed by atoms with Crippen LogP contribution in [0.15, 0.2) is 48.2 Å². The Labute approximate surface area is 184 Å². The number of carboxylic acid groups (broad SMARTS) is 1. The van der Waals surface area contributed by atoms with Crippen LogP contribution in [0.1, 0.15) is 23.2 Å². The Morgan fingerprint density at radius 3 is 2.50 bits per heavy atom. The summed E-state index contributed by atoms with van der Waals surface area (Å²) in [4.78, 5) is 47.4. The zero-order valence-electron chi connectivity index (χ0n) is 17.4. The normalized spacial score (nSPS) is 15.4. The van der Waals surface area contributed by atoms with Crippen molar-refractivity contribution in [2.75, 3.05) is 25.0 Å². The predicted molar refractivity (Wildman–Crippen MR) is 117 cm³/mol. The number of rotatable bonds is 12. The number of carboxylic acids is 1. The number of carbonyl (C=O) groups excluding carboxylic acids is 3. The van der Waals surface area contributed by atoms with Gasteiger partial charge in [0.15, 0.2) is 5.70 Å². The fourth-order valence-corrected chi connectivity index (χ4v) is 3.06. The molecular weight excluding hydrogens is 418 g/mol. The number of anilines is 1. The number of hydrogen-bond acceptors (Lipinski definition) is 8. The van der Waals surface area contributed by atoms with Crippen LogP contribution in [0.25, 0.3) is 0 Å². The van der Waals surface area contributed by atoms with Crippen molar-refractivity contribution in [2.45, 2.75) is 18.9 Å². The van der Waals surface area contributed by atoms with Gasteiger partial charge < -0.3 is 42.7 Å². The van der Waals surface area contributed by atoms with Crippen LogP contribution >= 0.6 is 0 Å². The van der Waals surface area contributed by atoms with Crippen LogP contribution < -0.4 is 32.7 Å². The molecule has 1 aromatic rings. The van der Waals surface area contributed by atoms with E-state index in [1.54, 1.807) is 24.3 Å². The average Bonchev–Trinajstić information content (AvgIpc) is 2.74. The van der Waals surface area contributed by atoms with Gasteiger partial charge in [-0.05, 0) is 30.7 Å². The van der Waals surface area contributed by atoms with Crippen molar-refractivity contribution < 1.29 is 24.3 Å². The molecule has 1 heterocycles. The highest BCUT2D eigenvalue weighted by Crippen LogP contribution is 2.17. The Bertz CT molecular complexity index is 913. The van der Waals surface area contributed by atoms with E-state index in [9.17, 15) is 19.2 Å². The molecule has 0 saturated heterocycles. The summed E-state index contributed by atoms with van der Waals surface area (Å²) in [5, 5.41) is 20.1. The van der Waals surface area contributed by atoms with Crippen LogP contribution in [0.4, 0.5) is 5.69 Å². The lowest BCUT2D eigenvalue weighted by atomic mass is 10.1. The second kappa shape index (κ2) is 11.2. The molecule has 172 valence electrons. The van der Waals surface area contributed by atoms with Crippen molar-refractivity contribution in [3.63, 3.8) is 0 Å². The summed E-state index contributed by atoms with van der Waals surface area (Å²) in [6, 6.07) is 6.21. The summed E-state index contributed by atoms with van der Waals surface area (Å²) >= 11 is 0. The average molecular weight is 445 g/mol. The van der Waals surface area contributed by atoms with Crippen molar-refractivity contribution >= 4 is 29.9 Å². The number of nitrogens with two attached hydrogens (primary N) is 2. The van der Waals surface area contributed by atoms with Crippen LogP contribution in [0.2, 0.25) is 0 Å². The second-order valence-corrected chi connectivity index (χ2v) is 7.00. The molecule has 3 amide bonds. The SMILES string of the molecule is C=C(N)NC1=C(C(N)=O)N(C=O)C(CNc2ccc(C(=O)NCCCC(=O)O)cc2)CN1. The Kier molecular flexibility index (Phi) is 8.45. The Balaban J connectivity index is 1.97. The van der Waals surface area contributed by atoms with Crippen LogP contribution in [-0.4, -0.2) is 59.9 Å². The van der Waals surface area contributed by atoms with E-state index in [-0.39, 0.29) is 36.2 Å². The van der Waals surface area contributed by atoms with Gasteiger partial charge in [0.1, 0.15) is 5.82 Å². The topological polar surface area (TPSA) is 192 Å². The van der Waals surface area contributed by atoms with Crippen molar-refractivity contribution in [1.29, 1.82) is 0 Å². The molecule has 0 saturated carbocycles. The van der Waals surface area contributed by atoms with E-state index in [1.807, 2.05) is 0 Å². The van der Waals surface area contributed by atoms with Gasteiger partial charge in [-0.3, -0.25) is 19.2 Å². The number of amides is 3. The van der Waals surface area contributed by atoms with E-state index in [2.05, 4.69) is 27.8 Å². The van der Waals surface area contributed by atoms with E-state index in [4.69, 9.17) is 16.6 Å². The molecule has 0 spiro atoms. The molecule has 0 aromatic heterocycles. The maximum atomic E-state index is 12.1. The summed E-state index contributed by atoms with van der Waals surface area (Å²) in [7, 11) is 0. The first-order valence-electron chi connectivity index (χ1n) is 9.79. The standard InChI is InChI=1S/C20H27N7O5/c1-12(21)26-19-17(18(22)31)27(11-28)15(10-25-19)9-24-14-6-4-13(5-7-14)20(32)23-8-2-3-16(29)30/h4-7,11,15,24-26H,1-3,8-10,21H2,(H2,22,31)(H,23,32)(H,29,30). The minimum absolute atomic E-state index is 0.0118. The number of nitrogens with one attached hydrogen (secondary N) is 4. The zero-order chi connectivity index (χ0) is 23.7. The lowest BCUT2D eigenvalue weighted by Crippen LogP contribution is -2.55. The van der Waals surface area contributed by atoms with Crippen LogP contribution in [-0.2, 0) is 14.4 Å². The largest absolute Gasteiger partial charge is 0.481 e. The molecule has 1 aliphatic heterocycles. The summed E-state index contributed by atoms with van der Waals surface area (Å²) in [6.07, 6.45) is 0.857. The van der Waals surface area contributed by atoms with E-state index < -0.39 is 17.9 Å². The highest BCUT2D eigenvalue weighted by Gasteiger charge is 2.31. The van der Waals surface area contributed by atoms with E-state index >= 15 is 0 Å². The fraction of sp³-hybridized carbons (Fsp3) is 0.300.